The van der Waals surface area contributed by atoms with E-state index in [1.807, 2.05) is 6.08 Å². The van der Waals surface area contributed by atoms with Crippen LogP contribution in [-0.2, 0) is 0 Å². The quantitative estimate of drug-likeness (QED) is 0.317. The van der Waals surface area contributed by atoms with E-state index in [4.69, 9.17) is 0 Å². The van der Waals surface area contributed by atoms with Gasteiger partial charge in [-0.25, -0.2) is 0 Å². The van der Waals surface area contributed by atoms with Crippen LogP contribution in [0.2, 0.25) is 0 Å². The second kappa shape index (κ2) is 6.94. The van der Waals surface area contributed by atoms with Crippen molar-refractivity contribution in [2.75, 3.05) is 0 Å². The predicted molar refractivity (Wildman–Crippen MR) is 56.1 cm³/mol. The molecule has 0 radical (unpaired) electrons. The zero-order chi connectivity index (χ0) is 9.40. The number of hydrogen-bond donors (Lipinski definition) is 0. The van der Waals surface area contributed by atoms with Gasteiger partial charge in [-0.1, -0.05) is 26.5 Å². The van der Waals surface area contributed by atoms with Crippen LogP contribution < -0.4 is 0 Å². The van der Waals surface area contributed by atoms with Gasteiger partial charge in [0.2, 0.25) is 0 Å². The summed E-state index contributed by atoms with van der Waals surface area (Å²) in [4.78, 5) is 0. The number of unbranched alkanes of at least 4 members (excludes halogenated alkanes) is 1. The molecule has 2 atom stereocenters. The molecule has 0 rings (SSSR count). The van der Waals surface area contributed by atoms with E-state index >= 15 is 0 Å². The molecule has 0 heterocycles. The van der Waals surface area contributed by atoms with Crippen molar-refractivity contribution in [3.05, 3.63) is 31.0 Å². The number of allylic oxidation sites excluding steroid dienone is 2. The molecule has 0 aromatic rings. The first-order valence-electron chi connectivity index (χ1n) is 4.69. The molecule has 0 aliphatic carbocycles. The maximum absolute atomic E-state index is 3.71. The lowest BCUT2D eigenvalue weighted by molar-refractivity contribution is 0.417. The standard InChI is InChI=1S/C12H20/c1-5-7-8-10-12(4)11(3)9-6-2/h5,9,11-12H,1-2,7-8,10H2,3-4H3. The summed E-state index contributed by atoms with van der Waals surface area (Å²) in [6, 6.07) is 0. The van der Waals surface area contributed by atoms with E-state index < -0.39 is 0 Å². The first kappa shape index (κ1) is 11.3. The highest BCUT2D eigenvalue weighted by Crippen LogP contribution is 2.18. The second-order valence-corrected chi connectivity index (χ2v) is 3.43. The van der Waals surface area contributed by atoms with Crippen molar-refractivity contribution in [2.24, 2.45) is 11.8 Å². The van der Waals surface area contributed by atoms with Gasteiger partial charge < -0.3 is 0 Å². The Morgan fingerprint density at radius 3 is 2.58 bits per heavy atom. The molecule has 0 bridgehead atoms. The molecule has 0 aliphatic rings. The van der Waals surface area contributed by atoms with E-state index in [-0.39, 0.29) is 0 Å². The van der Waals surface area contributed by atoms with E-state index in [9.17, 15) is 0 Å². The third-order valence-corrected chi connectivity index (χ3v) is 2.35. The Balaban J connectivity index is 3.62. The molecule has 0 saturated heterocycles. The topological polar surface area (TPSA) is 0 Å². The van der Waals surface area contributed by atoms with E-state index in [1.165, 1.54) is 12.8 Å². The number of hydrogen-bond acceptors (Lipinski definition) is 0. The van der Waals surface area contributed by atoms with Gasteiger partial charge in [0.15, 0.2) is 0 Å². The van der Waals surface area contributed by atoms with Gasteiger partial charge in [-0.15, -0.1) is 12.3 Å². The third-order valence-electron chi connectivity index (χ3n) is 2.35. The predicted octanol–water partition coefficient (Wildman–Crippen LogP) is 3.96. The second-order valence-electron chi connectivity index (χ2n) is 3.43. The van der Waals surface area contributed by atoms with Gasteiger partial charge in [0.05, 0.1) is 0 Å². The molecule has 0 saturated carbocycles. The lowest BCUT2D eigenvalue weighted by Crippen LogP contribution is -2.04. The lowest BCUT2D eigenvalue weighted by Gasteiger charge is -2.14. The summed E-state index contributed by atoms with van der Waals surface area (Å²) in [7, 11) is 0. The first-order valence-corrected chi connectivity index (χ1v) is 4.69. The molecule has 0 aromatic heterocycles. The summed E-state index contributed by atoms with van der Waals surface area (Å²) in [5.41, 5.74) is 2.84. The summed E-state index contributed by atoms with van der Waals surface area (Å²) >= 11 is 0. The van der Waals surface area contributed by atoms with Gasteiger partial charge in [-0.3, -0.25) is 0 Å². The van der Waals surface area contributed by atoms with Crippen molar-refractivity contribution < 1.29 is 0 Å². The summed E-state index contributed by atoms with van der Waals surface area (Å²) < 4.78 is 0. The van der Waals surface area contributed by atoms with Crippen LogP contribution >= 0.6 is 0 Å². The average Bonchev–Trinajstić information content (AvgIpc) is 2.05. The number of rotatable bonds is 6. The Morgan fingerprint density at radius 1 is 1.42 bits per heavy atom. The summed E-state index contributed by atoms with van der Waals surface area (Å²) in [5.74, 6) is 1.34. The van der Waals surface area contributed by atoms with E-state index in [1.54, 1.807) is 0 Å². The monoisotopic (exact) mass is 164 g/mol. The Hall–Kier alpha value is -0.740. The van der Waals surface area contributed by atoms with Crippen molar-refractivity contribution in [3.63, 3.8) is 0 Å². The summed E-state index contributed by atoms with van der Waals surface area (Å²) in [5, 5.41) is 0. The van der Waals surface area contributed by atoms with Crippen LogP contribution in [0.4, 0.5) is 0 Å². The molecule has 68 valence electrons. The Bertz CT molecular complexity index is 161. The minimum Gasteiger partial charge on any atom is -0.133 e. The molecule has 0 nitrogen and oxygen atoms in total. The van der Waals surface area contributed by atoms with Gasteiger partial charge in [0, 0.05) is 0 Å². The molecule has 2 unspecified atom stereocenters. The van der Waals surface area contributed by atoms with Crippen molar-refractivity contribution in [3.8, 4) is 0 Å². The Kier molecular flexibility index (Phi) is 6.51. The van der Waals surface area contributed by atoms with Crippen molar-refractivity contribution in [2.45, 2.75) is 33.1 Å². The molecular formula is C12H20. The van der Waals surface area contributed by atoms with Gasteiger partial charge in [0.25, 0.3) is 0 Å². The fourth-order valence-corrected chi connectivity index (χ4v) is 1.20. The van der Waals surface area contributed by atoms with Crippen LogP contribution in [-0.4, -0.2) is 0 Å². The van der Waals surface area contributed by atoms with E-state index in [0.717, 1.165) is 12.3 Å². The zero-order valence-electron chi connectivity index (χ0n) is 8.34. The highest BCUT2D eigenvalue weighted by Gasteiger charge is 2.07. The Labute approximate surface area is 76.7 Å². The fourth-order valence-electron chi connectivity index (χ4n) is 1.20. The lowest BCUT2D eigenvalue weighted by atomic mass is 9.91. The normalized spacial score (nSPS) is 14.5. The van der Waals surface area contributed by atoms with Crippen LogP contribution in [0.15, 0.2) is 31.0 Å². The van der Waals surface area contributed by atoms with E-state index in [2.05, 4.69) is 38.8 Å². The largest absolute Gasteiger partial charge is 0.133 e. The minimum absolute atomic E-state index is 0.604. The van der Waals surface area contributed by atoms with Crippen LogP contribution in [0.25, 0.3) is 0 Å². The summed E-state index contributed by atoms with van der Waals surface area (Å²) in [6.45, 7) is 11.8. The highest BCUT2D eigenvalue weighted by atomic mass is 14.1. The molecule has 0 N–H and O–H groups in total. The first-order chi connectivity index (χ1) is 5.72. The van der Waals surface area contributed by atoms with Crippen LogP contribution in [0.3, 0.4) is 0 Å². The van der Waals surface area contributed by atoms with Gasteiger partial charge in [0.1, 0.15) is 0 Å². The molecular weight excluding hydrogens is 144 g/mol. The molecule has 0 heteroatoms. The molecule has 12 heavy (non-hydrogen) atoms. The average molecular weight is 164 g/mol. The summed E-state index contributed by atoms with van der Waals surface area (Å²) in [6.07, 6.45) is 7.69. The van der Waals surface area contributed by atoms with Gasteiger partial charge in [-0.05, 0) is 37.2 Å². The smallest absolute Gasteiger partial charge is 0.0160 e. The fraction of sp³-hybridized carbons (Fsp3) is 0.583. The maximum Gasteiger partial charge on any atom is -0.0160 e. The molecule has 0 aromatic carbocycles. The van der Waals surface area contributed by atoms with Crippen molar-refractivity contribution in [1.82, 2.24) is 0 Å². The van der Waals surface area contributed by atoms with E-state index in [0.29, 0.717) is 5.92 Å². The molecule has 0 fully saturated rings. The van der Waals surface area contributed by atoms with Gasteiger partial charge in [-0.2, -0.15) is 0 Å². The van der Waals surface area contributed by atoms with Crippen LogP contribution in [0.1, 0.15) is 33.1 Å². The molecule has 0 aliphatic heterocycles. The van der Waals surface area contributed by atoms with Crippen LogP contribution in [0.5, 0.6) is 0 Å². The molecule has 0 amide bonds. The SMILES string of the molecule is C=C=CC(C)C(C)CCCC=C. The zero-order valence-corrected chi connectivity index (χ0v) is 8.34. The van der Waals surface area contributed by atoms with Crippen LogP contribution in [0, 0.1) is 11.8 Å². The van der Waals surface area contributed by atoms with Crippen molar-refractivity contribution in [1.29, 1.82) is 0 Å². The van der Waals surface area contributed by atoms with Crippen molar-refractivity contribution >= 4 is 0 Å². The van der Waals surface area contributed by atoms with Gasteiger partial charge >= 0.3 is 0 Å². The minimum atomic E-state index is 0.604. The molecule has 0 spiro atoms. The maximum atomic E-state index is 3.71. The third kappa shape index (κ3) is 4.98. The Morgan fingerprint density at radius 2 is 2.08 bits per heavy atom. The highest BCUT2D eigenvalue weighted by molar-refractivity contribution is 4.84.